The maximum Gasteiger partial charge on any atom is 0.0289 e. The minimum Gasteiger partial charge on any atom is -0.304 e. The third-order valence-electron chi connectivity index (χ3n) is 5.38. The number of aromatic nitrogens is 2. The molecule has 3 heterocycles. The van der Waals surface area contributed by atoms with Crippen LogP contribution in [0.4, 0.5) is 0 Å². The third kappa shape index (κ3) is 6.27. The number of fused-ring (bicyclic) bond motifs is 1. The number of benzene rings is 2. The van der Waals surface area contributed by atoms with Gasteiger partial charge in [-0.05, 0) is 54.2 Å². The van der Waals surface area contributed by atoms with Gasteiger partial charge in [-0.15, -0.1) is 82.6 Å². The molecule has 0 unspecified atom stereocenters. The number of rotatable bonds is 2. The second-order valence-electron chi connectivity index (χ2n) is 9.11. The van der Waals surface area contributed by atoms with E-state index >= 15 is 0 Å². The topological polar surface area (TPSA) is 25.8 Å². The summed E-state index contributed by atoms with van der Waals surface area (Å²) in [7, 11) is 0. The molecular formula is C30H28IrN2S-2. The minimum atomic E-state index is 0. The van der Waals surface area contributed by atoms with E-state index < -0.39 is 0 Å². The zero-order chi connectivity index (χ0) is 23.4. The van der Waals surface area contributed by atoms with Crippen LogP contribution in [0.1, 0.15) is 36.9 Å². The molecule has 34 heavy (non-hydrogen) atoms. The maximum atomic E-state index is 4.56. The van der Waals surface area contributed by atoms with Crippen molar-refractivity contribution in [1.82, 2.24) is 9.97 Å². The van der Waals surface area contributed by atoms with Crippen molar-refractivity contribution in [2.45, 2.75) is 40.0 Å². The average molecular weight is 641 g/mol. The van der Waals surface area contributed by atoms with Crippen molar-refractivity contribution in [3.05, 3.63) is 107 Å². The molecule has 0 N–H and O–H groups in total. The van der Waals surface area contributed by atoms with Crippen molar-refractivity contribution in [2.75, 3.05) is 0 Å². The summed E-state index contributed by atoms with van der Waals surface area (Å²) in [6, 6.07) is 31.1. The van der Waals surface area contributed by atoms with Crippen LogP contribution >= 0.6 is 11.3 Å². The van der Waals surface area contributed by atoms with Gasteiger partial charge in [-0.25, -0.2) is 0 Å². The Morgan fingerprint density at radius 2 is 1.68 bits per heavy atom. The van der Waals surface area contributed by atoms with E-state index in [0.717, 1.165) is 28.2 Å². The minimum absolute atomic E-state index is 0. The van der Waals surface area contributed by atoms with Crippen LogP contribution in [0.5, 0.6) is 0 Å². The summed E-state index contributed by atoms with van der Waals surface area (Å²) in [5.74, 6) is 0. The van der Waals surface area contributed by atoms with Gasteiger partial charge in [-0.2, -0.15) is 0 Å². The predicted octanol–water partition coefficient (Wildman–Crippen LogP) is 8.22. The van der Waals surface area contributed by atoms with Gasteiger partial charge in [0.25, 0.3) is 0 Å². The zero-order valence-corrected chi connectivity index (χ0v) is 23.4. The molecule has 0 saturated heterocycles. The van der Waals surface area contributed by atoms with Crippen LogP contribution in [0.15, 0.2) is 79.0 Å². The fourth-order valence-electron chi connectivity index (χ4n) is 3.59. The molecule has 1 radical (unpaired) electrons. The first-order valence-corrected chi connectivity index (χ1v) is 11.9. The molecule has 2 nitrogen and oxygen atoms in total. The Hall–Kier alpha value is -2.65. The average Bonchev–Trinajstić information content (AvgIpc) is 3.20. The molecule has 0 aliphatic heterocycles. The molecule has 3 aromatic heterocycles. The second kappa shape index (κ2) is 11.2. The smallest absolute Gasteiger partial charge is 0.0289 e. The van der Waals surface area contributed by atoms with Gasteiger partial charge in [0.1, 0.15) is 0 Å². The van der Waals surface area contributed by atoms with E-state index in [1.165, 1.54) is 20.5 Å². The van der Waals surface area contributed by atoms with E-state index in [4.69, 9.17) is 0 Å². The number of aryl methyl sites for hydroxylation is 2. The van der Waals surface area contributed by atoms with Crippen LogP contribution in [-0.2, 0) is 25.5 Å². The Labute approximate surface area is 220 Å². The third-order valence-corrected chi connectivity index (χ3v) is 6.39. The molecule has 5 aromatic rings. The first kappa shape index (κ1) is 26.0. The number of thiophene rings is 1. The van der Waals surface area contributed by atoms with Crippen LogP contribution in [0.25, 0.3) is 32.6 Å². The van der Waals surface area contributed by atoms with E-state index in [1.807, 2.05) is 66.9 Å². The standard InChI is InChI=1S/C18H18NS.C12H10N.Ir/c1-12-11-15-16(20-12)9-10-19-17(15)13-5-7-14(8-6-13)18(2,3)4;1-10-6-5-9-12(13-10)11-7-3-2-4-8-11;/h5,7-11H,1-4H3;2-7,9H,1H3;/q2*-1;. The Morgan fingerprint density at radius 3 is 2.32 bits per heavy atom. The molecule has 0 saturated carbocycles. The fraction of sp³-hybridized carbons (Fsp3) is 0.200. The van der Waals surface area contributed by atoms with Gasteiger partial charge in [0.15, 0.2) is 0 Å². The quantitative estimate of drug-likeness (QED) is 0.182. The molecule has 4 heteroatoms. The molecular weight excluding hydrogens is 613 g/mol. The first-order chi connectivity index (χ1) is 15.8. The zero-order valence-electron chi connectivity index (χ0n) is 20.1. The Morgan fingerprint density at radius 1 is 0.853 bits per heavy atom. The largest absolute Gasteiger partial charge is 0.304 e. The van der Waals surface area contributed by atoms with Gasteiger partial charge in [0.2, 0.25) is 0 Å². The van der Waals surface area contributed by atoms with Crippen LogP contribution < -0.4 is 0 Å². The van der Waals surface area contributed by atoms with E-state index in [1.54, 1.807) is 0 Å². The summed E-state index contributed by atoms with van der Waals surface area (Å²) in [4.78, 5) is 10.3. The van der Waals surface area contributed by atoms with E-state index in [2.05, 4.69) is 80.1 Å². The summed E-state index contributed by atoms with van der Waals surface area (Å²) in [6.45, 7) is 10.8. The predicted molar refractivity (Wildman–Crippen MR) is 141 cm³/mol. The molecule has 5 rings (SSSR count). The SMILES string of the molecule is Cc1cc2c(-c3[c-]cc(C(C)(C)C)cc3)nccc2s1.Cc1cccc(-c2[c-]cccc2)n1.[Ir]. The number of hydrogen-bond acceptors (Lipinski definition) is 3. The summed E-state index contributed by atoms with van der Waals surface area (Å²) < 4.78 is 1.29. The molecule has 0 atom stereocenters. The molecule has 0 fully saturated rings. The molecule has 0 amide bonds. The monoisotopic (exact) mass is 641 g/mol. The summed E-state index contributed by atoms with van der Waals surface area (Å²) >= 11 is 1.81. The van der Waals surface area contributed by atoms with Crippen LogP contribution in [0, 0.1) is 26.0 Å². The molecule has 0 spiro atoms. The van der Waals surface area contributed by atoms with E-state index in [-0.39, 0.29) is 25.5 Å². The normalized spacial score (nSPS) is 10.9. The first-order valence-electron chi connectivity index (χ1n) is 11.1. The molecule has 0 aliphatic rings. The van der Waals surface area contributed by atoms with E-state index in [0.29, 0.717) is 0 Å². The van der Waals surface area contributed by atoms with E-state index in [9.17, 15) is 0 Å². The van der Waals surface area contributed by atoms with Gasteiger partial charge in [-0.1, -0.05) is 32.9 Å². The molecule has 2 aromatic carbocycles. The summed E-state index contributed by atoms with van der Waals surface area (Å²) in [5, 5.41) is 1.23. The number of hydrogen-bond donors (Lipinski definition) is 0. The second-order valence-corrected chi connectivity index (χ2v) is 10.4. The Kier molecular flexibility index (Phi) is 8.54. The molecule has 175 valence electrons. The van der Waals surface area contributed by atoms with Crippen LogP contribution in [-0.4, -0.2) is 9.97 Å². The number of pyridine rings is 2. The van der Waals surface area contributed by atoms with Gasteiger partial charge in [-0.3, -0.25) is 0 Å². The van der Waals surface area contributed by atoms with Crippen molar-refractivity contribution in [3.8, 4) is 22.5 Å². The van der Waals surface area contributed by atoms with Crippen molar-refractivity contribution >= 4 is 21.4 Å². The summed E-state index contributed by atoms with van der Waals surface area (Å²) in [5.41, 5.74) is 6.64. The summed E-state index contributed by atoms with van der Waals surface area (Å²) in [6.07, 6.45) is 1.89. The Balaban J connectivity index is 0.000000201. The number of nitrogens with zero attached hydrogens (tertiary/aromatic N) is 2. The van der Waals surface area contributed by atoms with Gasteiger partial charge < -0.3 is 9.97 Å². The van der Waals surface area contributed by atoms with Gasteiger partial charge in [0, 0.05) is 41.6 Å². The maximum absolute atomic E-state index is 4.56. The van der Waals surface area contributed by atoms with Crippen LogP contribution in [0.2, 0.25) is 0 Å². The molecule has 0 bridgehead atoms. The van der Waals surface area contributed by atoms with Crippen molar-refractivity contribution in [3.63, 3.8) is 0 Å². The van der Waals surface area contributed by atoms with Crippen molar-refractivity contribution in [2.24, 2.45) is 0 Å². The fourth-order valence-corrected chi connectivity index (χ4v) is 4.51. The van der Waals surface area contributed by atoms with Gasteiger partial charge in [0.05, 0.1) is 0 Å². The molecule has 0 aliphatic carbocycles. The van der Waals surface area contributed by atoms with Crippen molar-refractivity contribution < 1.29 is 20.1 Å². The van der Waals surface area contributed by atoms with Crippen molar-refractivity contribution in [1.29, 1.82) is 0 Å². The Bertz CT molecular complexity index is 1350. The van der Waals surface area contributed by atoms with Gasteiger partial charge >= 0.3 is 0 Å². The van der Waals surface area contributed by atoms with Crippen LogP contribution in [0.3, 0.4) is 0 Å².